The monoisotopic (exact) mass is 379 g/mol. The normalized spacial score (nSPS) is 12.2. The van der Waals surface area contributed by atoms with Crippen molar-refractivity contribution >= 4 is 32.6 Å². The van der Waals surface area contributed by atoms with Gasteiger partial charge in [0, 0.05) is 6.29 Å². The Labute approximate surface area is 160 Å². The predicted molar refractivity (Wildman–Crippen MR) is 120 cm³/mol. The second kappa shape index (κ2) is 8.92. The Balaban J connectivity index is 1.76. The lowest BCUT2D eigenvalue weighted by atomic mass is 9.87. The molecule has 26 heavy (non-hydrogen) atoms. The van der Waals surface area contributed by atoms with Gasteiger partial charge in [-0.15, -0.1) is 0 Å². The summed E-state index contributed by atoms with van der Waals surface area (Å²) in [6.45, 7) is 6.87. The van der Waals surface area contributed by atoms with Crippen LogP contribution in [0.3, 0.4) is 0 Å². The van der Waals surface area contributed by atoms with E-state index in [1.165, 1.54) is 21.5 Å². The summed E-state index contributed by atoms with van der Waals surface area (Å²) < 4.78 is 0. The third-order valence-corrected chi connectivity index (χ3v) is 8.00. The van der Waals surface area contributed by atoms with Gasteiger partial charge >= 0.3 is 0 Å². The minimum atomic E-state index is -0.389. The summed E-state index contributed by atoms with van der Waals surface area (Å²) in [5.74, 6) is 0. The van der Waals surface area contributed by atoms with Gasteiger partial charge in [-0.2, -0.15) is 0 Å². The smallest absolute Gasteiger partial charge is 0.0274 e. The van der Waals surface area contributed by atoms with Crippen LogP contribution < -0.4 is 21.0 Å². The maximum atomic E-state index is 3.77. The Hall–Kier alpha value is -1.52. The van der Waals surface area contributed by atoms with Gasteiger partial charge in [0.05, 0.1) is 0 Å². The van der Waals surface area contributed by atoms with Crippen LogP contribution in [-0.2, 0) is 5.41 Å². The first kappa shape index (κ1) is 19.2. The Morgan fingerprint density at radius 2 is 1.23 bits per heavy atom. The van der Waals surface area contributed by atoms with E-state index < -0.39 is 0 Å². The first-order valence-electron chi connectivity index (χ1n) is 9.02. The van der Waals surface area contributed by atoms with E-state index in [9.17, 15) is 0 Å². The van der Waals surface area contributed by atoms with E-state index in [1.807, 2.05) is 0 Å². The zero-order chi connectivity index (χ0) is 18.4. The van der Waals surface area contributed by atoms with Crippen LogP contribution in [0.5, 0.6) is 0 Å². The van der Waals surface area contributed by atoms with Crippen molar-refractivity contribution in [1.29, 1.82) is 0 Å². The number of rotatable bonds is 6. The molecule has 0 spiro atoms. The van der Waals surface area contributed by atoms with E-state index in [0.717, 1.165) is 6.29 Å². The van der Waals surface area contributed by atoms with Crippen molar-refractivity contribution in [2.24, 2.45) is 0 Å². The molecular weight excluding hydrogens is 352 g/mol. The van der Waals surface area contributed by atoms with Gasteiger partial charge in [-0.3, -0.25) is 5.09 Å². The van der Waals surface area contributed by atoms with E-state index in [2.05, 4.69) is 111 Å². The van der Waals surface area contributed by atoms with Crippen molar-refractivity contribution in [2.75, 3.05) is 6.29 Å². The fourth-order valence-electron chi connectivity index (χ4n) is 3.01. The Bertz CT molecular complexity index is 771. The molecule has 0 aromatic heterocycles. The fraction of sp³-hybridized carbons (Fsp3) is 0.217. The molecule has 3 aromatic carbocycles. The van der Waals surface area contributed by atoms with Gasteiger partial charge in [0.1, 0.15) is 0 Å². The van der Waals surface area contributed by atoms with Crippen LogP contribution in [0.15, 0.2) is 84.9 Å². The standard InChI is InChI=1S/C23H27NP2/c1-23(2,3)21-16-10-11-17-22(21)25-24-18-26(19-12-6-4-7-13-19)20-14-8-5-9-15-20/h4-17,24-25H,18H2,1-3H3. The largest absolute Gasteiger partial charge is 0.290 e. The van der Waals surface area contributed by atoms with Crippen LogP contribution in [0, 0.1) is 0 Å². The molecule has 0 amide bonds. The van der Waals surface area contributed by atoms with Crippen molar-refractivity contribution in [3.63, 3.8) is 0 Å². The number of benzene rings is 3. The van der Waals surface area contributed by atoms with Crippen molar-refractivity contribution in [3.8, 4) is 0 Å². The molecule has 0 aliphatic rings. The van der Waals surface area contributed by atoms with E-state index in [1.54, 1.807) is 0 Å². The van der Waals surface area contributed by atoms with Crippen molar-refractivity contribution in [1.82, 2.24) is 5.09 Å². The summed E-state index contributed by atoms with van der Waals surface area (Å²) in [6, 6.07) is 30.6. The number of hydrogen-bond donors (Lipinski definition) is 1. The maximum Gasteiger partial charge on any atom is 0.0274 e. The highest BCUT2D eigenvalue weighted by Gasteiger charge is 2.18. The molecule has 1 atom stereocenters. The average molecular weight is 379 g/mol. The Morgan fingerprint density at radius 1 is 0.731 bits per heavy atom. The molecule has 0 saturated carbocycles. The van der Waals surface area contributed by atoms with Crippen LogP contribution >= 0.6 is 16.7 Å². The molecule has 1 N–H and O–H groups in total. The Kier molecular flexibility index (Phi) is 6.60. The second-order valence-corrected chi connectivity index (χ2v) is 10.7. The second-order valence-electron chi connectivity index (χ2n) is 7.35. The molecule has 0 radical (unpaired) electrons. The molecule has 0 bridgehead atoms. The van der Waals surface area contributed by atoms with Gasteiger partial charge in [0.15, 0.2) is 0 Å². The predicted octanol–water partition coefficient (Wildman–Crippen LogP) is 4.88. The van der Waals surface area contributed by atoms with Crippen molar-refractivity contribution in [2.45, 2.75) is 26.2 Å². The first-order chi connectivity index (χ1) is 12.6. The van der Waals surface area contributed by atoms with E-state index in [4.69, 9.17) is 0 Å². The molecule has 3 rings (SSSR count). The highest BCUT2D eigenvalue weighted by atomic mass is 31.1. The van der Waals surface area contributed by atoms with Gasteiger partial charge < -0.3 is 0 Å². The maximum absolute atomic E-state index is 3.77. The fourth-order valence-corrected chi connectivity index (χ4v) is 6.65. The zero-order valence-electron chi connectivity index (χ0n) is 15.7. The third-order valence-electron chi connectivity index (χ3n) is 4.33. The molecular formula is C23H27NP2. The lowest BCUT2D eigenvalue weighted by Gasteiger charge is -2.24. The zero-order valence-corrected chi connectivity index (χ0v) is 17.6. The summed E-state index contributed by atoms with van der Waals surface area (Å²) >= 11 is 0. The van der Waals surface area contributed by atoms with Gasteiger partial charge in [-0.1, -0.05) is 106 Å². The van der Waals surface area contributed by atoms with E-state index in [-0.39, 0.29) is 13.3 Å². The van der Waals surface area contributed by atoms with Gasteiger partial charge in [-0.05, 0) is 43.5 Å². The van der Waals surface area contributed by atoms with Crippen LogP contribution in [0.4, 0.5) is 0 Å². The van der Waals surface area contributed by atoms with Gasteiger partial charge in [0.25, 0.3) is 0 Å². The number of nitrogens with one attached hydrogen (secondary N) is 1. The Morgan fingerprint density at radius 3 is 1.77 bits per heavy atom. The summed E-state index contributed by atoms with van der Waals surface area (Å²) in [4.78, 5) is 0. The van der Waals surface area contributed by atoms with Crippen LogP contribution in [-0.4, -0.2) is 6.29 Å². The molecule has 0 fully saturated rings. The van der Waals surface area contributed by atoms with Crippen molar-refractivity contribution < 1.29 is 0 Å². The molecule has 3 heteroatoms. The molecule has 1 nitrogen and oxygen atoms in total. The van der Waals surface area contributed by atoms with Crippen LogP contribution in [0.25, 0.3) is 0 Å². The van der Waals surface area contributed by atoms with Crippen LogP contribution in [0.1, 0.15) is 26.3 Å². The van der Waals surface area contributed by atoms with E-state index in [0.29, 0.717) is 8.73 Å². The topological polar surface area (TPSA) is 12.0 Å². The summed E-state index contributed by atoms with van der Waals surface area (Å²) in [5.41, 5.74) is 1.61. The molecule has 1 unspecified atom stereocenters. The van der Waals surface area contributed by atoms with Crippen LogP contribution in [0.2, 0.25) is 0 Å². The molecule has 134 valence electrons. The molecule has 0 saturated heterocycles. The summed E-state index contributed by atoms with van der Waals surface area (Å²) in [7, 11) is 0.237. The molecule has 3 aromatic rings. The van der Waals surface area contributed by atoms with E-state index >= 15 is 0 Å². The molecule has 0 aliphatic carbocycles. The molecule has 0 aliphatic heterocycles. The minimum Gasteiger partial charge on any atom is -0.290 e. The van der Waals surface area contributed by atoms with Gasteiger partial charge in [-0.25, -0.2) is 0 Å². The lowest BCUT2D eigenvalue weighted by molar-refractivity contribution is 0.594. The third kappa shape index (κ3) is 5.01. The average Bonchev–Trinajstić information content (AvgIpc) is 2.66. The summed E-state index contributed by atoms with van der Waals surface area (Å²) in [5, 5.41) is 8.05. The SMILES string of the molecule is CC(C)(C)c1ccccc1PNCP(c1ccccc1)c1ccccc1. The summed E-state index contributed by atoms with van der Waals surface area (Å²) in [6.07, 6.45) is 1.00. The first-order valence-corrected chi connectivity index (χ1v) is 11.5. The number of hydrogen-bond acceptors (Lipinski definition) is 1. The molecule has 0 heterocycles. The van der Waals surface area contributed by atoms with Gasteiger partial charge in [0.2, 0.25) is 0 Å². The lowest BCUT2D eigenvalue weighted by Crippen LogP contribution is -2.24. The quantitative estimate of drug-likeness (QED) is 0.602. The highest BCUT2D eigenvalue weighted by Crippen LogP contribution is 2.33. The minimum absolute atomic E-state index is 0.175. The highest BCUT2D eigenvalue weighted by molar-refractivity contribution is 7.73. The van der Waals surface area contributed by atoms with Crippen molar-refractivity contribution in [3.05, 3.63) is 90.5 Å².